The Balaban J connectivity index is 1.42. The number of anilines is 2. The van der Waals surface area contributed by atoms with Crippen molar-refractivity contribution in [3.63, 3.8) is 0 Å². The summed E-state index contributed by atoms with van der Waals surface area (Å²) in [6.45, 7) is 10.5. The summed E-state index contributed by atoms with van der Waals surface area (Å²) in [5.74, 6) is 1.38. The van der Waals surface area contributed by atoms with Crippen molar-refractivity contribution in [2.24, 2.45) is 12.5 Å². The second-order valence-corrected chi connectivity index (χ2v) is 11.3. The average molecular weight is 525 g/mol. The number of aryl methyl sites for hydroxylation is 1. The lowest BCUT2D eigenvalue weighted by atomic mass is 9.57. The van der Waals surface area contributed by atoms with Crippen molar-refractivity contribution in [2.45, 2.75) is 25.7 Å². The number of hydrogen-bond donors (Lipinski definition) is 2. The molecule has 39 heavy (non-hydrogen) atoms. The van der Waals surface area contributed by atoms with Crippen molar-refractivity contribution in [3.05, 3.63) is 66.0 Å². The first-order valence-electron chi connectivity index (χ1n) is 13.6. The number of carbonyl (C=O) groups is 1. The van der Waals surface area contributed by atoms with Crippen LogP contribution in [0.2, 0.25) is 0 Å². The van der Waals surface area contributed by atoms with Gasteiger partial charge in [-0.05, 0) is 49.6 Å². The number of nitrogens with one attached hydrogen (secondary N) is 1. The number of nitrogens with two attached hydrogens (primary N) is 1. The van der Waals surface area contributed by atoms with E-state index >= 15 is 0 Å². The van der Waals surface area contributed by atoms with E-state index in [0.717, 1.165) is 97.4 Å². The molecule has 1 spiro atoms. The fourth-order valence-electron chi connectivity index (χ4n) is 6.73. The Morgan fingerprint density at radius 1 is 1.21 bits per heavy atom. The third kappa shape index (κ3) is 4.23. The fraction of sp³-hybridized carbons (Fsp3) is 0.387. The number of imidazole rings is 1. The van der Waals surface area contributed by atoms with E-state index in [1.54, 1.807) is 0 Å². The Labute approximate surface area is 229 Å². The molecule has 0 atom stereocenters. The molecule has 2 saturated heterocycles. The first-order valence-corrected chi connectivity index (χ1v) is 13.6. The van der Waals surface area contributed by atoms with Crippen LogP contribution in [-0.4, -0.2) is 66.0 Å². The van der Waals surface area contributed by atoms with Gasteiger partial charge in [-0.2, -0.15) is 0 Å². The second-order valence-electron chi connectivity index (χ2n) is 11.3. The van der Waals surface area contributed by atoms with Gasteiger partial charge < -0.3 is 30.2 Å². The lowest BCUT2D eigenvalue weighted by Crippen LogP contribution is -2.63. The molecule has 2 aromatic carbocycles. The molecule has 8 nitrogen and oxygen atoms in total. The average Bonchev–Trinajstić information content (AvgIpc) is 3.24. The molecule has 1 saturated carbocycles. The molecule has 3 aliphatic rings. The van der Waals surface area contributed by atoms with Gasteiger partial charge in [0.2, 0.25) is 5.91 Å². The van der Waals surface area contributed by atoms with E-state index in [9.17, 15) is 4.79 Å². The number of morpholine rings is 1. The number of nitrogens with zero attached hydrogens (tertiary/aromatic N) is 4. The molecule has 8 heteroatoms. The summed E-state index contributed by atoms with van der Waals surface area (Å²) in [5, 5.41) is 8.19. The highest BCUT2D eigenvalue weighted by Gasteiger charge is 2.54. The Morgan fingerprint density at radius 2 is 1.95 bits per heavy atom. The van der Waals surface area contributed by atoms with E-state index in [1.807, 2.05) is 17.0 Å². The van der Waals surface area contributed by atoms with Crippen molar-refractivity contribution in [2.75, 3.05) is 50.0 Å². The Morgan fingerprint density at radius 3 is 2.64 bits per heavy atom. The third-order valence-corrected chi connectivity index (χ3v) is 8.76. The number of likely N-dealkylation sites (tertiary alicyclic amines) is 1. The fourth-order valence-corrected chi connectivity index (χ4v) is 6.73. The number of amides is 1. The predicted octanol–water partition coefficient (Wildman–Crippen LogP) is 4.37. The lowest BCUT2D eigenvalue weighted by molar-refractivity contribution is -0.146. The molecule has 3 N–H and O–H groups in total. The molecular weight excluding hydrogens is 488 g/mol. The number of benzene rings is 2. The van der Waals surface area contributed by atoms with Crippen LogP contribution in [0.4, 0.5) is 11.4 Å². The Bertz CT molecular complexity index is 1450. The van der Waals surface area contributed by atoms with Crippen LogP contribution in [0.15, 0.2) is 49.1 Å². The smallest absolute Gasteiger partial charge is 0.245 e. The van der Waals surface area contributed by atoms with Crippen molar-refractivity contribution >= 4 is 23.5 Å². The maximum atomic E-state index is 12.0. The van der Waals surface area contributed by atoms with Crippen molar-refractivity contribution in [1.29, 1.82) is 5.41 Å². The number of rotatable bonds is 6. The van der Waals surface area contributed by atoms with E-state index in [2.05, 4.69) is 54.3 Å². The third-order valence-electron chi connectivity index (χ3n) is 8.76. The minimum absolute atomic E-state index is 0.0158. The molecule has 3 fully saturated rings. The van der Waals surface area contributed by atoms with Gasteiger partial charge in [0, 0.05) is 78.8 Å². The van der Waals surface area contributed by atoms with Crippen LogP contribution in [-0.2, 0) is 16.6 Å². The van der Waals surface area contributed by atoms with Gasteiger partial charge in [0.05, 0.1) is 24.6 Å². The molecule has 1 amide bonds. The lowest BCUT2D eigenvalue weighted by Gasteiger charge is -2.58. The molecule has 6 rings (SSSR count). The topological polar surface area (TPSA) is 100 Å². The minimum Gasteiger partial charge on any atom is -0.398 e. The van der Waals surface area contributed by atoms with Gasteiger partial charge in [0.15, 0.2) is 0 Å². The van der Waals surface area contributed by atoms with Gasteiger partial charge in [-0.3, -0.25) is 4.79 Å². The maximum Gasteiger partial charge on any atom is 0.245 e. The van der Waals surface area contributed by atoms with Crippen molar-refractivity contribution in [1.82, 2.24) is 14.5 Å². The number of ether oxygens (including phenoxy) is 1. The first-order chi connectivity index (χ1) is 18.8. The number of nitrogen functional groups attached to an aromatic ring is 1. The Kier molecular flexibility index (Phi) is 6.30. The van der Waals surface area contributed by atoms with Gasteiger partial charge in [-0.1, -0.05) is 24.8 Å². The predicted molar refractivity (Wildman–Crippen MR) is 155 cm³/mol. The molecule has 3 heterocycles. The minimum atomic E-state index is 0.0158. The van der Waals surface area contributed by atoms with Gasteiger partial charge >= 0.3 is 0 Å². The summed E-state index contributed by atoms with van der Waals surface area (Å²) in [5.41, 5.74) is 14.0. The molecule has 0 unspecified atom stereocenters. The van der Waals surface area contributed by atoms with E-state index in [-0.39, 0.29) is 11.3 Å². The highest BCUT2D eigenvalue weighted by molar-refractivity contribution is 5.98. The molecule has 3 aromatic rings. The van der Waals surface area contributed by atoms with Crippen LogP contribution >= 0.6 is 0 Å². The number of hydrogen-bond acceptors (Lipinski definition) is 6. The monoisotopic (exact) mass is 524 g/mol. The highest BCUT2D eigenvalue weighted by Crippen LogP contribution is 2.56. The van der Waals surface area contributed by atoms with Crippen LogP contribution in [0.3, 0.4) is 0 Å². The van der Waals surface area contributed by atoms with Gasteiger partial charge in [0.1, 0.15) is 5.82 Å². The first kappa shape index (κ1) is 25.4. The van der Waals surface area contributed by atoms with Crippen LogP contribution in [0, 0.1) is 17.7 Å². The summed E-state index contributed by atoms with van der Waals surface area (Å²) >= 11 is 0. The zero-order valence-electron chi connectivity index (χ0n) is 22.7. The van der Waals surface area contributed by atoms with E-state index in [0.29, 0.717) is 11.6 Å². The summed E-state index contributed by atoms with van der Waals surface area (Å²) in [6, 6.07) is 12.5. The van der Waals surface area contributed by atoms with Crippen LogP contribution < -0.4 is 10.6 Å². The standard InChI is InChI=1S/C31H36N6O2/c1-4-26(38)37-18-31(19-37)15-22(16-31)30-34-28(21-6-5-7-23(14-21)36-10-12-39-13-11-36)29(35(30)3)27-20(2)8-9-25(33)24(27)17-32/h4-9,14,17,22,32H,1,10-13,15-16,18-19,33H2,2-3H3. The zero-order chi connectivity index (χ0) is 27.3. The quantitative estimate of drug-likeness (QED) is 0.283. The van der Waals surface area contributed by atoms with E-state index in [4.69, 9.17) is 20.9 Å². The summed E-state index contributed by atoms with van der Waals surface area (Å²) in [4.78, 5) is 21.5. The SMILES string of the molecule is C=CC(=O)N1CC2(CC(c3nc(-c4cccc(N5CCOCC5)c4)c(-c4c(C)ccc(N)c4C=N)n3C)C2)C1. The maximum absolute atomic E-state index is 12.0. The van der Waals surface area contributed by atoms with Crippen molar-refractivity contribution in [3.8, 4) is 22.5 Å². The number of aromatic nitrogens is 2. The van der Waals surface area contributed by atoms with Crippen LogP contribution in [0.25, 0.3) is 22.5 Å². The normalized spacial score (nSPS) is 18.5. The molecule has 1 aliphatic carbocycles. The van der Waals surface area contributed by atoms with Gasteiger partial charge in [0.25, 0.3) is 0 Å². The van der Waals surface area contributed by atoms with E-state index < -0.39 is 0 Å². The van der Waals surface area contributed by atoms with Crippen LogP contribution in [0.5, 0.6) is 0 Å². The van der Waals surface area contributed by atoms with Gasteiger partial charge in [-0.25, -0.2) is 4.98 Å². The molecule has 0 bridgehead atoms. The summed E-state index contributed by atoms with van der Waals surface area (Å²) in [7, 11) is 2.09. The molecule has 2 aliphatic heterocycles. The van der Waals surface area contributed by atoms with Gasteiger partial charge in [-0.15, -0.1) is 0 Å². The molecule has 202 valence electrons. The summed E-state index contributed by atoms with van der Waals surface area (Å²) in [6.07, 6.45) is 4.79. The largest absolute Gasteiger partial charge is 0.398 e. The van der Waals surface area contributed by atoms with Crippen molar-refractivity contribution < 1.29 is 9.53 Å². The zero-order valence-corrected chi connectivity index (χ0v) is 22.7. The van der Waals surface area contributed by atoms with E-state index in [1.165, 1.54) is 12.3 Å². The van der Waals surface area contributed by atoms with Crippen LogP contribution in [0.1, 0.15) is 35.7 Å². The molecular formula is C31H36N6O2. The number of carbonyl (C=O) groups excluding carboxylic acids is 1. The summed E-state index contributed by atoms with van der Waals surface area (Å²) < 4.78 is 7.78. The highest BCUT2D eigenvalue weighted by atomic mass is 16.5. The Hall–Kier alpha value is -3.91. The molecule has 0 radical (unpaired) electrons. The second kappa shape index (κ2) is 9.68. The molecule has 1 aromatic heterocycles.